The van der Waals surface area contributed by atoms with Crippen LogP contribution in [0.25, 0.3) is 6.08 Å². The zero-order chi connectivity index (χ0) is 18.9. The number of rotatable bonds is 7. The van der Waals surface area contributed by atoms with Crippen molar-refractivity contribution in [3.05, 3.63) is 59.7 Å². The Morgan fingerprint density at radius 1 is 1.08 bits per heavy atom. The van der Waals surface area contributed by atoms with Crippen LogP contribution >= 0.6 is 0 Å². The van der Waals surface area contributed by atoms with Gasteiger partial charge in [0.15, 0.2) is 11.5 Å². The first-order chi connectivity index (χ1) is 12.6. The first kappa shape index (κ1) is 19.1. The molecular formula is C20H22N2O4. The molecule has 2 amide bonds. The molecule has 26 heavy (non-hydrogen) atoms. The van der Waals surface area contributed by atoms with Crippen LogP contribution in [0.15, 0.2) is 48.5 Å². The molecule has 2 N–H and O–H groups in total. The monoisotopic (exact) mass is 354 g/mol. The van der Waals surface area contributed by atoms with E-state index in [4.69, 9.17) is 9.47 Å². The van der Waals surface area contributed by atoms with Crippen LogP contribution in [0.5, 0.6) is 11.5 Å². The fourth-order valence-electron chi connectivity index (χ4n) is 2.27. The summed E-state index contributed by atoms with van der Waals surface area (Å²) < 4.78 is 10.8. The van der Waals surface area contributed by atoms with E-state index in [0.717, 1.165) is 5.56 Å². The molecule has 0 fully saturated rings. The predicted molar refractivity (Wildman–Crippen MR) is 102 cm³/mol. The van der Waals surface area contributed by atoms with Crippen LogP contribution in [0, 0.1) is 0 Å². The van der Waals surface area contributed by atoms with E-state index >= 15 is 0 Å². The number of carbonyl (C=O) groups excluding carboxylic acids is 2. The molecule has 2 aromatic rings. The van der Waals surface area contributed by atoms with Crippen LogP contribution in [0.3, 0.4) is 0 Å². The van der Waals surface area contributed by atoms with E-state index in [1.165, 1.54) is 6.08 Å². The summed E-state index contributed by atoms with van der Waals surface area (Å²) in [4.78, 5) is 23.6. The third kappa shape index (κ3) is 5.11. The largest absolute Gasteiger partial charge is 0.493 e. The maximum atomic E-state index is 12.1. The summed E-state index contributed by atoms with van der Waals surface area (Å²) in [5, 5.41) is 5.29. The van der Waals surface area contributed by atoms with Crippen molar-refractivity contribution >= 4 is 23.6 Å². The van der Waals surface area contributed by atoms with Gasteiger partial charge in [-0.15, -0.1) is 0 Å². The highest BCUT2D eigenvalue weighted by Gasteiger charge is 2.05. The Balaban J connectivity index is 2.03. The zero-order valence-electron chi connectivity index (χ0n) is 15.0. The second-order valence-electron chi connectivity index (χ2n) is 5.32. The van der Waals surface area contributed by atoms with E-state index in [-0.39, 0.29) is 11.8 Å². The van der Waals surface area contributed by atoms with Crippen molar-refractivity contribution in [2.75, 3.05) is 26.1 Å². The van der Waals surface area contributed by atoms with Gasteiger partial charge in [-0.2, -0.15) is 0 Å². The number of hydrogen-bond donors (Lipinski definition) is 2. The fraction of sp³-hybridized carbons (Fsp3) is 0.200. The van der Waals surface area contributed by atoms with Gasteiger partial charge in [0.1, 0.15) is 0 Å². The SMILES string of the molecule is CCOc1cc(/C=C/C(=O)Nc2ccc(C(=O)NC)cc2)ccc1OC. The molecule has 0 aliphatic rings. The molecule has 0 unspecified atom stereocenters. The van der Waals surface area contributed by atoms with Gasteiger partial charge in [-0.05, 0) is 55.0 Å². The molecule has 0 bridgehead atoms. The predicted octanol–water partition coefficient (Wildman–Crippen LogP) is 3.11. The minimum atomic E-state index is -0.272. The number of hydrogen-bond acceptors (Lipinski definition) is 4. The molecule has 2 aromatic carbocycles. The summed E-state index contributed by atoms with van der Waals surface area (Å²) in [5.74, 6) is 0.825. The fourth-order valence-corrected chi connectivity index (χ4v) is 2.27. The van der Waals surface area contributed by atoms with Crippen molar-refractivity contribution in [3.8, 4) is 11.5 Å². The molecule has 0 saturated carbocycles. The molecule has 136 valence electrons. The normalized spacial score (nSPS) is 10.4. The van der Waals surface area contributed by atoms with E-state index in [1.54, 1.807) is 50.6 Å². The van der Waals surface area contributed by atoms with Gasteiger partial charge in [0, 0.05) is 24.4 Å². The van der Waals surface area contributed by atoms with Crippen LogP contribution in [0.2, 0.25) is 0 Å². The van der Waals surface area contributed by atoms with Gasteiger partial charge < -0.3 is 20.1 Å². The molecule has 6 heteroatoms. The number of amides is 2. The van der Waals surface area contributed by atoms with Crippen LogP contribution in [-0.2, 0) is 4.79 Å². The lowest BCUT2D eigenvalue weighted by Gasteiger charge is -2.09. The summed E-state index contributed by atoms with van der Waals surface area (Å²) in [6, 6.07) is 12.1. The van der Waals surface area contributed by atoms with Gasteiger partial charge in [0.25, 0.3) is 5.91 Å². The standard InChI is InChI=1S/C20H22N2O4/c1-4-26-18-13-14(5-11-17(18)25-3)6-12-19(23)22-16-9-7-15(8-10-16)20(24)21-2/h5-13H,4H2,1-3H3,(H,21,24)(H,22,23)/b12-6+. The number of methoxy groups -OCH3 is 1. The number of ether oxygens (including phenoxy) is 2. The molecule has 0 spiro atoms. The van der Waals surface area contributed by atoms with Crippen molar-refractivity contribution in [1.82, 2.24) is 5.32 Å². The molecule has 0 heterocycles. The average Bonchev–Trinajstić information content (AvgIpc) is 2.67. The van der Waals surface area contributed by atoms with E-state index in [9.17, 15) is 9.59 Å². The van der Waals surface area contributed by atoms with Gasteiger partial charge >= 0.3 is 0 Å². The second kappa shape index (κ2) is 9.27. The minimum absolute atomic E-state index is 0.174. The van der Waals surface area contributed by atoms with Crippen molar-refractivity contribution in [1.29, 1.82) is 0 Å². The number of benzene rings is 2. The highest BCUT2D eigenvalue weighted by molar-refractivity contribution is 6.02. The summed E-state index contributed by atoms with van der Waals surface area (Å²) in [5.41, 5.74) is 1.96. The minimum Gasteiger partial charge on any atom is -0.493 e. The van der Waals surface area contributed by atoms with Gasteiger partial charge in [-0.1, -0.05) is 6.07 Å². The van der Waals surface area contributed by atoms with Crippen LogP contribution < -0.4 is 20.1 Å². The summed E-state index contributed by atoms with van der Waals surface area (Å²) >= 11 is 0. The molecule has 0 radical (unpaired) electrons. The molecule has 0 aliphatic heterocycles. The van der Waals surface area contributed by atoms with Gasteiger partial charge in [0.05, 0.1) is 13.7 Å². The van der Waals surface area contributed by atoms with Crippen molar-refractivity contribution in [3.63, 3.8) is 0 Å². The molecule has 0 aromatic heterocycles. The third-order valence-electron chi connectivity index (χ3n) is 3.56. The highest BCUT2D eigenvalue weighted by atomic mass is 16.5. The second-order valence-corrected chi connectivity index (χ2v) is 5.32. The Labute approximate surface area is 152 Å². The van der Waals surface area contributed by atoms with Crippen molar-refractivity contribution in [2.24, 2.45) is 0 Å². The summed E-state index contributed by atoms with van der Waals surface area (Å²) in [6.45, 7) is 2.42. The number of carbonyl (C=O) groups is 2. The molecule has 0 saturated heterocycles. The Hall–Kier alpha value is -3.28. The van der Waals surface area contributed by atoms with E-state index in [0.29, 0.717) is 29.4 Å². The van der Waals surface area contributed by atoms with Gasteiger partial charge in [-0.3, -0.25) is 9.59 Å². The van der Waals surface area contributed by atoms with E-state index < -0.39 is 0 Å². The summed E-state index contributed by atoms with van der Waals surface area (Å²) in [7, 11) is 3.15. The lowest BCUT2D eigenvalue weighted by atomic mass is 10.1. The van der Waals surface area contributed by atoms with E-state index in [1.807, 2.05) is 19.1 Å². The van der Waals surface area contributed by atoms with Gasteiger partial charge in [-0.25, -0.2) is 0 Å². The lowest BCUT2D eigenvalue weighted by molar-refractivity contribution is -0.111. The van der Waals surface area contributed by atoms with Gasteiger partial charge in [0.2, 0.25) is 5.91 Å². The summed E-state index contributed by atoms with van der Waals surface area (Å²) in [6.07, 6.45) is 3.13. The molecular weight excluding hydrogens is 332 g/mol. The lowest BCUT2D eigenvalue weighted by Crippen LogP contribution is -2.17. The number of nitrogens with one attached hydrogen (secondary N) is 2. The van der Waals surface area contributed by atoms with E-state index in [2.05, 4.69) is 10.6 Å². The first-order valence-corrected chi connectivity index (χ1v) is 8.19. The molecule has 0 aliphatic carbocycles. The maximum absolute atomic E-state index is 12.1. The number of anilines is 1. The topological polar surface area (TPSA) is 76.7 Å². The smallest absolute Gasteiger partial charge is 0.251 e. The van der Waals surface area contributed by atoms with Crippen LogP contribution in [0.4, 0.5) is 5.69 Å². The Morgan fingerprint density at radius 2 is 1.81 bits per heavy atom. The highest BCUT2D eigenvalue weighted by Crippen LogP contribution is 2.28. The first-order valence-electron chi connectivity index (χ1n) is 8.19. The molecule has 6 nitrogen and oxygen atoms in total. The average molecular weight is 354 g/mol. The maximum Gasteiger partial charge on any atom is 0.251 e. The molecule has 0 atom stereocenters. The third-order valence-corrected chi connectivity index (χ3v) is 3.56. The molecule has 2 rings (SSSR count). The Morgan fingerprint density at radius 3 is 2.42 bits per heavy atom. The van der Waals surface area contributed by atoms with Crippen LogP contribution in [0.1, 0.15) is 22.8 Å². The van der Waals surface area contributed by atoms with Crippen LogP contribution in [-0.4, -0.2) is 32.6 Å². The quantitative estimate of drug-likeness (QED) is 0.749. The Bertz CT molecular complexity index is 798. The zero-order valence-corrected chi connectivity index (χ0v) is 15.0. The Kier molecular flexibility index (Phi) is 6.79. The van der Waals surface area contributed by atoms with Crippen molar-refractivity contribution < 1.29 is 19.1 Å². The van der Waals surface area contributed by atoms with Crippen molar-refractivity contribution in [2.45, 2.75) is 6.92 Å².